The summed E-state index contributed by atoms with van der Waals surface area (Å²) in [4.78, 5) is 8.48. The van der Waals surface area contributed by atoms with Gasteiger partial charge in [-0.05, 0) is 26.3 Å². The van der Waals surface area contributed by atoms with Crippen LogP contribution in [0.2, 0.25) is 0 Å². The van der Waals surface area contributed by atoms with Crippen LogP contribution in [-0.2, 0) is 4.74 Å². The van der Waals surface area contributed by atoms with Gasteiger partial charge in [0.15, 0.2) is 0 Å². The molecule has 0 radical (unpaired) electrons. The van der Waals surface area contributed by atoms with Crippen molar-refractivity contribution >= 4 is 5.95 Å². The fourth-order valence-electron chi connectivity index (χ4n) is 1.43. The molecule has 0 saturated heterocycles. The predicted molar refractivity (Wildman–Crippen MR) is 62.5 cm³/mol. The highest BCUT2D eigenvalue weighted by molar-refractivity contribution is 5.27. The van der Waals surface area contributed by atoms with Gasteiger partial charge in [0.25, 0.3) is 0 Å². The zero-order chi connectivity index (χ0) is 12.0. The molecule has 1 aromatic heterocycles. The predicted octanol–water partition coefficient (Wildman–Crippen LogP) is 0.903. The molecule has 1 heterocycles. The molecule has 0 spiro atoms. The Morgan fingerprint density at radius 1 is 1.38 bits per heavy atom. The number of hydrogen-bond acceptors (Lipinski definition) is 5. The van der Waals surface area contributed by atoms with Gasteiger partial charge in [-0.1, -0.05) is 0 Å². The lowest BCUT2D eigenvalue weighted by Crippen LogP contribution is -2.19. The molecular formula is C11H19N3O2. The van der Waals surface area contributed by atoms with E-state index in [0.717, 1.165) is 11.4 Å². The Morgan fingerprint density at radius 3 is 2.56 bits per heavy atom. The van der Waals surface area contributed by atoms with Gasteiger partial charge in [0.05, 0.1) is 12.7 Å². The number of nitrogens with zero attached hydrogens (tertiary/aromatic N) is 2. The largest absolute Gasteiger partial charge is 0.391 e. The van der Waals surface area contributed by atoms with Gasteiger partial charge in [-0.25, -0.2) is 9.97 Å². The van der Waals surface area contributed by atoms with E-state index >= 15 is 0 Å². The Hall–Kier alpha value is -1.20. The molecule has 0 aliphatic rings. The standard InChI is InChI=1S/C11H19N3O2/c1-8-6-9(2)14-11(13-8)12-5-4-10(15)7-16-3/h6,10,15H,4-5,7H2,1-3H3,(H,12,13,14). The van der Waals surface area contributed by atoms with Crippen molar-refractivity contribution in [3.63, 3.8) is 0 Å². The van der Waals surface area contributed by atoms with E-state index < -0.39 is 6.10 Å². The summed E-state index contributed by atoms with van der Waals surface area (Å²) in [7, 11) is 1.57. The quantitative estimate of drug-likeness (QED) is 0.753. The lowest BCUT2D eigenvalue weighted by atomic mass is 10.3. The van der Waals surface area contributed by atoms with Crippen LogP contribution in [0, 0.1) is 13.8 Å². The number of aromatic nitrogens is 2. The number of rotatable bonds is 6. The Morgan fingerprint density at radius 2 is 2.00 bits per heavy atom. The molecule has 16 heavy (non-hydrogen) atoms. The molecule has 0 aliphatic carbocycles. The summed E-state index contributed by atoms with van der Waals surface area (Å²) in [5.41, 5.74) is 1.87. The van der Waals surface area contributed by atoms with E-state index in [-0.39, 0.29) is 0 Å². The van der Waals surface area contributed by atoms with E-state index in [1.165, 1.54) is 0 Å². The van der Waals surface area contributed by atoms with E-state index in [1.807, 2.05) is 19.9 Å². The number of aryl methyl sites for hydroxylation is 2. The third-order valence-corrected chi connectivity index (χ3v) is 2.10. The first kappa shape index (κ1) is 12.9. The molecule has 0 aliphatic heterocycles. The first-order valence-electron chi connectivity index (χ1n) is 5.35. The Labute approximate surface area is 95.9 Å². The minimum Gasteiger partial charge on any atom is -0.391 e. The number of ether oxygens (including phenoxy) is 1. The lowest BCUT2D eigenvalue weighted by Gasteiger charge is -2.10. The highest BCUT2D eigenvalue weighted by atomic mass is 16.5. The maximum Gasteiger partial charge on any atom is 0.223 e. The van der Waals surface area contributed by atoms with Crippen LogP contribution in [0.5, 0.6) is 0 Å². The van der Waals surface area contributed by atoms with Crippen molar-refractivity contribution in [1.82, 2.24) is 9.97 Å². The van der Waals surface area contributed by atoms with Gasteiger partial charge in [0, 0.05) is 25.0 Å². The highest BCUT2D eigenvalue weighted by Gasteiger charge is 2.03. The number of anilines is 1. The SMILES string of the molecule is COCC(O)CCNc1nc(C)cc(C)n1. The fraction of sp³-hybridized carbons (Fsp3) is 0.636. The molecule has 0 aromatic carbocycles. The van der Waals surface area contributed by atoms with E-state index in [4.69, 9.17) is 4.74 Å². The number of nitrogens with one attached hydrogen (secondary N) is 1. The van der Waals surface area contributed by atoms with E-state index in [2.05, 4.69) is 15.3 Å². The average Bonchev–Trinajstić information content (AvgIpc) is 2.16. The minimum atomic E-state index is -0.441. The van der Waals surface area contributed by atoms with Gasteiger partial charge >= 0.3 is 0 Å². The molecule has 0 amide bonds. The van der Waals surface area contributed by atoms with Crippen LogP contribution in [0.1, 0.15) is 17.8 Å². The van der Waals surface area contributed by atoms with Crippen molar-refractivity contribution in [2.24, 2.45) is 0 Å². The summed E-state index contributed by atoms with van der Waals surface area (Å²) in [6.07, 6.45) is 0.174. The van der Waals surface area contributed by atoms with Crippen molar-refractivity contribution in [2.45, 2.75) is 26.4 Å². The molecule has 90 valence electrons. The third kappa shape index (κ3) is 4.55. The topological polar surface area (TPSA) is 67.3 Å². The molecule has 0 saturated carbocycles. The molecule has 1 aromatic rings. The van der Waals surface area contributed by atoms with E-state index in [1.54, 1.807) is 7.11 Å². The zero-order valence-electron chi connectivity index (χ0n) is 10.0. The van der Waals surface area contributed by atoms with Gasteiger partial charge in [-0.2, -0.15) is 0 Å². The van der Waals surface area contributed by atoms with Crippen LogP contribution >= 0.6 is 0 Å². The van der Waals surface area contributed by atoms with Crippen LogP contribution < -0.4 is 5.32 Å². The summed E-state index contributed by atoms with van der Waals surface area (Å²) >= 11 is 0. The number of hydrogen-bond donors (Lipinski definition) is 2. The third-order valence-electron chi connectivity index (χ3n) is 2.10. The summed E-state index contributed by atoms with van der Waals surface area (Å²) in [6.45, 7) is 4.85. The summed E-state index contributed by atoms with van der Waals surface area (Å²) in [6, 6.07) is 1.92. The summed E-state index contributed by atoms with van der Waals surface area (Å²) in [5.74, 6) is 0.613. The number of aliphatic hydroxyl groups excluding tert-OH is 1. The molecule has 0 fully saturated rings. The Balaban J connectivity index is 2.37. The molecule has 1 unspecified atom stereocenters. The normalized spacial score (nSPS) is 12.5. The van der Waals surface area contributed by atoms with E-state index in [9.17, 15) is 5.11 Å². The van der Waals surface area contributed by atoms with Crippen molar-refractivity contribution in [3.05, 3.63) is 17.5 Å². The maximum absolute atomic E-state index is 9.43. The summed E-state index contributed by atoms with van der Waals surface area (Å²) < 4.78 is 4.84. The Bertz CT molecular complexity index is 311. The van der Waals surface area contributed by atoms with Crippen LogP contribution in [0.4, 0.5) is 5.95 Å². The first-order chi connectivity index (χ1) is 7.61. The first-order valence-corrected chi connectivity index (χ1v) is 5.35. The van der Waals surface area contributed by atoms with Crippen LogP contribution in [0.3, 0.4) is 0 Å². The van der Waals surface area contributed by atoms with Gasteiger partial charge in [-0.3, -0.25) is 0 Å². The number of aliphatic hydroxyl groups is 1. The van der Waals surface area contributed by atoms with Crippen LogP contribution in [0.25, 0.3) is 0 Å². The van der Waals surface area contributed by atoms with Gasteiger partial charge in [0.2, 0.25) is 5.95 Å². The second kappa shape index (κ2) is 6.40. The smallest absolute Gasteiger partial charge is 0.223 e. The molecule has 5 heteroatoms. The van der Waals surface area contributed by atoms with Crippen LogP contribution in [0.15, 0.2) is 6.07 Å². The van der Waals surface area contributed by atoms with Crippen molar-refractivity contribution in [2.75, 3.05) is 25.6 Å². The lowest BCUT2D eigenvalue weighted by molar-refractivity contribution is 0.0615. The van der Waals surface area contributed by atoms with Crippen molar-refractivity contribution in [3.8, 4) is 0 Å². The molecule has 0 bridgehead atoms. The van der Waals surface area contributed by atoms with Crippen LogP contribution in [-0.4, -0.2) is 41.4 Å². The second-order valence-corrected chi connectivity index (χ2v) is 3.80. The maximum atomic E-state index is 9.43. The second-order valence-electron chi connectivity index (χ2n) is 3.80. The molecule has 5 nitrogen and oxygen atoms in total. The monoisotopic (exact) mass is 225 g/mol. The fourth-order valence-corrected chi connectivity index (χ4v) is 1.43. The molecule has 1 rings (SSSR count). The zero-order valence-corrected chi connectivity index (χ0v) is 10.0. The average molecular weight is 225 g/mol. The van der Waals surface area contributed by atoms with Gasteiger partial charge < -0.3 is 15.2 Å². The van der Waals surface area contributed by atoms with Gasteiger partial charge in [-0.15, -0.1) is 0 Å². The Kier molecular flexibility index (Phi) is 5.14. The van der Waals surface area contributed by atoms with E-state index in [0.29, 0.717) is 25.5 Å². The van der Waals surface area contributed by atoms with Gasteiger partial charge in [0.1, 0.15) is 0 Å². The number of methoxy groups -OCH3 is 1. The molecule has 1 atom stereocenters. The highest BCUT2D eigenvalue weighted by Crippen LogP contribution is 2.04. The van der Waals surface area contributed by atoms with Crippen molar-refractivity contribution < 1.29 is 9.84 Å². The van der Waals surface area contributed by atoms with Crippen molar-refractivity contribution in [1.29, 1.82) is 0 Å². The molecular weight excluding hydrogens is 206 g/mol. The molecule has 2 N–H and O–H groups in total. The summed E-state index contributed by atoms with van der Waals surface area (Å²) in [5, 5.41) is 12.5. The minimum absolute atomic E-state index is 0.357.